The first-order valence-electron chi connectivity index (χ1n) is 5.49. The largest absolute Gasteiger partial charge is 0.461 e. The lowest BCUT2D eigenvalue weighted by Crippen LogP contribution is -2.06. The van der Waals surface area contributed by atoms with Gasteiger partial charge in [0.25, 0.3) is 0 Å². The van der Waals surface area contributed by atoms with Crippen LogP contribution in [0.25, 0.3) is 11.6 Å². The van der Waals surface area contributed by atoms with Crippen LogP contribution in [-0.4, -0.2) is 21.3 Å². The Morgan fingerprint density at radius 1 is 1.38 bits per heavy atom. The Labute approximate surface area is 94.5 Å². The van der Waals surface area contributed by atoms with E-state index in [0.29, 0.717) is 0 Å². The van der Waals surface area contributed by atoms with E-state index < -0.39 is 0 Å². The molecule has 16 heavy (non-hydrogen) atoms. The van der Waals surface area contributed by atoms with E-state index in [1.165, 1.54) is 0 Å². The molecule has 2 aromatic heterocycles. The number of nitrogens with one attached hydrogen (secondary N) is 1. The van der Waals surface area contributed by atoms with E-state index in [-0.39, 0.29) is 0 Å². The zero-order valence-corrected chi connectivity index (χ0v) is 9.82. The van der Waals surface area contributed by atoms with Crippen molar-refractivity contribution in [3.8, 4) is 11.6 Å². The molecule has 0 fully saturated rings. The number of aromatic nitrogens is 3. The minimum Gasteiger partial charge on any atom is -0.461 e. The van der Waals surface area contributed by atoms with Crippen LogP contribution in [0.15, 0.2) is 16.7 Å². The molecule has 0 unspecified atom stereocenters. The van der Waals surface area contributed by atoms with E-state index in [1.807, 2.05) is 24.5 Å². The van der Waals surface area contributed by atoms with Gasteiger partial charge in [-0.05, 0) is 32.4 Å². The van der Waals surface area contributed by atoms with Gasteiger partial charge in [-0.3, -0.25) is 4.57 Å². The van der Waals surface area contributed by atoms with Gasteiger partial charge in [0.15, 0.2) is 5.76 Å². The predicted molar refractivity (Wildman–Crippen MR) is 62.3 cm³/mol. The van der Waals surface area contributed by atoms with Crippen molar-refractivity contribution in [1.29, 1.82) is 0 Å². The lowest BCUT2D eigenvalue weighted by atomic mass is 10.3. The highest BCUT2D eigenvalue weighted by molar-refractivity contribution is 5.54. The monoisotopic (exact) mass is 220 g/mol. The Balaban J connectivity index is 2.46. The first-order chi connectivity index (χ1) is 7.77. The summed E-state index contributed by atoms with van der Waals surface area (Å²) in [5, 5.41) is 11.5. The summed E-state index contributed by atoms with van der Waals surface area (Å²) in [6.45, 7) is 7.74. The molecule has 2 rings (SSSR count). The molecule has 1 N–H and O–H groups in total. The molecule has 0 aliphatic heterocycles. The molecule has 0 saturated carbocycles. The van der Waals surface area contributed by atoms with Crippen LogP contribution in [0.2, 0.25) is 0 Å². The number of hydrogen-bond acceptors (Lipinski definition) is 4. The molecular weight excluding hydrogens is 204 g/mol. The van der Waals surface area contributed by atoms with Gasteiger partial charge in [0.2, 0.25) is 11.8 Å². The fourth-order valence-electron chi connectivity index (χ4n) is 1.66. The third-order valence-electron chi connectivity index (χ3n) is 2.47. The zero-order chi connectivity index (χ0) is 11.5. The smallest absolute Gasteiger partial charge is 0.224 e. The van der Waals surface area contributed by atoms with Gasteiger partial charge in [-0.2, -0.15) is 0 Å². The molecule has 0 spiro atoms. The maximum atomic E-state index is 5.43. The van der Waals surface area contributed by atoms with E-state index in [9.17, 15) is 0 Å². The van der Waals surface area contributed by atoms with E-state index >= 15 is 0 Å². The van der Waals surface area contributed by atoms with Crippen molar-refractivity contribution < 1.29 is 4.42 Å². The highest BCUT2D eigenvalue weighted by atomic mass is 16.3. The van der Waals surface area contributed by atoms with Gasteiger partial charge in [-0.15, -0.1) is 10.2 Å². The number of hydrogen-bond donors (Lipinski definition) is 1. The minimum absolute atomic E-state index is 0.779. The van der Waals surface area contributed by atoms with Gasteiger partial charge in [0, 0.05) is 13.1 Å². The molecule has 0 bridgehead atoms. The van der Waals surface area contributed by atoms with E-state index in [0.717, 1.165) is 36.2 Å². The molecule has 0 aliphatic rings. The Hall–Kier alpha value is -1.78. The molecular formula is C11H16N4O. The van der Waals surface area contributed by atoms with Crippen LogP contribution in [0.1, 0.15) is 19.4 Å². The molecule has 0 amide bonds. The quantitative estimate of drug-likeness (QED) is 0.859. The summed E-state index contributed by atoms with van der Waals surface area (Å²) in [5.74, 6) is 2.36. The Morgan fingerprint density at radius 3 is 2.75 bits per heavy atom. The maximum Gasteiger partial charge on any atom is 0.224 e. The SMILES string of the molecule is CCNc1nnc(-c2occc2C)n1CC. The topological polar surface area (TPSA) is 55.9 Å². The van der Waals surface area contributed by atoms with Crippen molar-refractivity contribution >= 4 is 5.95 Å². The van der Waals surface area contributed by atoms with E-state index in [4.69, 9.17) is 4.42 Å². The van der Waals surface area contributed by atoms with Crippen LogP contribution in [0.3, 0.4) is 0 Å². The maximum absolute atomic E-state index is 5.43. The normalized spacial score (nSPS) is 10.7. The van der Waals surface area contributed by atoms with Crippen molar-refractivity contribution in [3.05, 3.63) is 17.9 Å². The Kier molecular flexibility index (Phi) is 2.94. The Morgan fingerprint density at radius 2 is 2.19 bits per heavy atom. The van der Waals surface area contributed by atoms with E-state index in [1.54, 1.807) is 6.26 Å². The molecule has 0 aliphatic carbocycles. The number of nitrogens with zero attached hydrogens (tertiary/aromatic N) is 3. The van der Waals surface area contributed by atoms with Crippen LogP contribution in [0.5, 0.6) is 0 Å². The van der Waals surface area contributed by atoms with E-state index in [2.05, 4.69) is 22.4 Å². The highest BCUT2D eigenvalue weighted by Crippen LogP contribution is 2.24. The second-order valence-corrected chi connectivity index (χ2v) is 3.55. The lowest BCUT2D eigenvalue weighted by molar-refractivity contribution is 0.569. The fraction of sp³-hybridized carbons (Fsp3) is 0.455. The van der Waals surface area contributed by atoms with Gasteiger partial charge < -0.3 is 9.73 Å². The van der Waals surface area contributed by atoms with Gasteiger partial charge in [-0.25, -0.2) is 0 Å². The van der Waals surface area contributed by atoms with Crippen molar-refractivity contribution in [1.82, 2.24) is 14.8 Å². The first kappa shape index (κ1) is 10.7. The van der Waals surface area contributed by atoms with Gasteiger partial charge >= 0.3 is 0 Å². The van der Waals surface area contributed by atoms with Crippen molar-refractivity contribution in [2.45, 2.75) is 27.3 Å². The molecule has 0 saturated heterocycles. The summed E-state index contributed by atoms with van der Waals surface area (Å²) < 4.78 is 7.44. The number of furan rings is 1. The second-order valence-electron chi connectivity index (χ2n) is 3.55. The van der Waals surface area contributed by atoms with Crippen LogP contribution in [-0.2, 0) is 6.54 Å². The van der Waals surface area contributed by atoms with Crippen LogP contribution >= 0.6 is 0 Å². The lowest BCUT2D eigenvalue weighted by Gasteiger charge is -2.06. The van der Waals surface area contributed by atoms with Gasteiger partial charge in [0.05, 0.1) is 6.26 Å². The summed E-state index contributed by atoms with van der Waals surface area (Å²) in [4.78, 5) is 0. The number of rotatable bonds is 4. The standard InChI is InChI=1S/C11H16N4O/c1-4-12-11-14-13-10(15(11)5-2)9-8(3)6-7-16-9/h6-7H,4-5H2,1-3H3,(H,12,14). The average molecular weight is 220 g/mol. The zero-order valence-electron chi connectivity index (χ0n) is 9.82. The van der Waals surface area contributed by atoms with Gasteiger partial charge in [0.1, 0.15) is 0 Å². The van der Waals surface area contributed by atoms with Crippen LogP contribution in [0.4, 0.5) is 5.95 Å². The third-order valence-corrected chi connectivity index (χ3v) is 2.47. The minimum atomic E-state index is 0.779. The summed E-state index contributed by atoms with van der Waals surface area (Å²) >= 11 is 0. The third kappa shape index (κ3) is 1.68. The first-order valence-corrected chi connectivity index (χ1v) is 5.49. The predicted octanol–water partition coefficient (Wildman–Crippen LogP) is 2.30. The molecule has 0 aromatic carbocycles. The average Bonchev–Trinajstić information content (AvgIpc) is 2.84. The molecule has 5 nitrogen and oxygen atoms in total. The number of aryl methyl sites for hydroxylation is 1. The van der Waals surface area contributed by atoms with Crippen molar-refractivity contribution in [2.24, 2.45) is 0 Å². The molecule has 86 valence electrons. The van der Waals surface area contributed by atoms with Crippen molar-refractivity contribution in [3.63, 3.8) is 0 Å². The molecule has 5 heteroatoms. The summed E-state index contributed by atoms with van der Waals surface area (Å²) in [6, 6.07) is 1.93. The summed E-state index contributed by atoms with van der Waals surface area (Å²) in [6.07, 6.45) is 1.67. The summed E-state index contributed by atoms with van der Waals surface area (Å²) in [5.41, 5.74) is 1.07. The van der Waals surface area contributed by atoms with Crippen molar-refractivity contribution in [2.75, 3.05) is 11.9 Å². The fourth-order valence-corrected chi connectivity index (χ4v) is 1.66. The number of anilines is 1. The molecule has 0 radical (unpaired) electrons. The second kappa shape index (κ2) is 4.38. The van der Waals surface area contributed by atoms with Crippen LogP contribution in [0, 0.1) is 6.92 Å². The van der Waals surface area contributed by atoms with Crippen LogP contribution < -0.4 is 5.32 Å². The molecule has 2 heterocycles. The summed E-state index contributed by atoms with van der Waals surface area (Å²) in [7, 11) is 0. The highest BCUT2D eigenvalue weighted by Gasteiger charge is 2.16. The van der Waals surface area contributed by atoms with Gasteiger partial charge in [-0.1, -0.05) is 0 Å². The Bertz CT molecular complexity index is 472. The molecule has 0 atom stereocenters. The molecule has 2 aromatic rings.